The van der Waals surface area contributed by atoms with Gasteiger partial charge in [-0.25, -0.2) is 17.9 Å². The van der Waals surface area contributed by atoms with Gasteiger partial charge in [0.05, 0.1) is 10.9 Å². The molecule has 0 saturated carbocycles. The predicted molar refractivity (Wildman–Crippen MR) is 137 cm³/mol. The lowest BCUT2D eigenvalue weighted by Gasteiger charge is -2.24. The molecule has 0 fully saturated rings. The third kappa shape index (κ3) is 6.48. The first-order valence-corrected chi connectivity index (χ1v) is 12.7. The Bertz CT molecular complexity index is 1240. The van der Waals surface area contributed by atoms with Crippen LogP contribution in [0.15, 0.2) is 71.6 Å². The third-order valence-electron chi connectivity index (χ3n) is 5.25. The highest BCUT2D eigenvalue weighted by atomic mass is 32.2. The van der Waals surface area contributed by atoms with Crippen LogP contribution in [0.3, 0.4) is 0 Å². The summed E-state index contributed by atoms with van der Waals surface area (Å²) in [4.78, 5) is 14.6. The molecule has 0 bridgehead atoms. The first-order chi connectivity index (χ1) is 16.0. The van der Waals surface area contributed by atoms with E-state index < -0.39 is 27.8 Å². The quantitative estimate of drug-likeness (QED) is 0.479. The number of rotatable bonds is 8. The summed E-state index contributed by atoms with van der Waals surface area (Å²) in [6.45, 7) is 5.53. The Morgan fingerprint density at radius 2 is 1.59 bits per heavy atom. The molecule has 1 unspecified atom stereocenters. The zero-order valence-electron chi connectivity index (χ0n) is 20.3. The van der Waals surface area contributed by atoms with E-state index in [0.717, 1.165) is 16.6 Å². The summed E-state index contributed by atoms with van der Waals surface area (Å²) < 4.78 is 34.5. The van der Waals surface area contributed by atoms with Gasteiger partial charge in [0.2, 0.25) is 10.0 Å². The molecule has 0 aromatic heterocycles. The molecule has 0 aliphatic rings. The van der Waals surface area contributed by atoms with Crippen molar-refractivity contribution in [2.45, 2.75) is 43.7 Å². The molecule has 8 heteroatoms. The highest BCUT2D eigenvalue weighted by Crippen LogP contribution is 2.30. The molecule has 0 heterocycles. The van der Waals surface area contributed by atoms with E-state index in [1.807, 2.05) is 73.6 Å². The molecule has 3 aromatic rings. The van der Waals surface area contributed by atoms with Gasteiger partial charge in [0, 0.05) is 37.1 Å². The van der Waals surface area contributed by atoms with Gasteiger partial charge in [-0.15, -0.1) is 0 Å². The van der Waals surface area contributed by atoms with Gasteiger partial charge in [0.25, 0.3) is 0 Å². The van der Waals surface area contributed by atoms with Gasteiger partial charge in [-0.2, -0.15) is 0 Å². The molecule has 1 amide bonds. The van der Waals surface area contributed by atoms with E-state index in [1.54, 1.807) is 32.9 Å². The molecule has 3 rings (SSSR count). The zero-order chi connectivity index (χ0) is 24.9. The molecular formula is C26H33N3O4S. The number of hydrogen-bond donors (Lipinski definition) is 2. The lowest BCUT2D eigenvalue weighted by atomic mass is 10.0. The van der Waals surface area contributed by atoms with E-state index in [0.29, 0.717) is 11.8 Å². The maximum Gasteiger partial charge on any atom is 0.408 e. The largest absolute Gasteiger partial charge is 0.444 e. The van der Waals surface area contributed by atoms with Crippen LogP contribution in [0.2, 0.25) is 0 Å². The fraction of sp³-hybridized carbons (Fsp3) is 0.346. The van der Waals surface area contributed by atoms with Gasteiger partial charge >= 0.3 is 6.09 Å². The Kier molecular flexibility index (Phi) is 7.84. The number of ether oxygens (including phenoxy) is 1. The molecule has 0 spiro atoms. The van der Waals surface area contributed by atoms with Gasteiger partial charge in [-0.05, 0) is 44.9 Å². The van der Waals surface area contributed by atoms with E-state index >= 15 is 0 Å². The number of carbonyl (C=O) groups is 1. The Morgan fingerprint density at radius 1 is 0.941 bits per heavy atom. The van der Waals surface area contributed by atoms with Crippen molar-refractivity contribution in [3.63, 3.8) is 0 Å². The molecule has 0 saturated heterocycles. The lowest BCUT2D eigenvalue weighted by Crippen LogP contribution is -2.36. The summed E-state index contributed by atoms with van der Waals surface area (Å²) in [5.41, 5.74) is 1.18. The van der Waals surface area contributed by atoms with Crippen LogP contribution < -0.4 is 14.9 Å². The average molecular weight is 484 g/mol. The number of anilines is 1. The van der Waals surface area contributed by atoms with Gasteiger partial charge in [0.15, 0.2) is 0 Å². The van der Waals surface area contributed by atoms with Crippen molar-refractivity contribution < 1.29 is 17.9 Å². The minimum atomic E-state index is -3.78. The third-order valence-corrected chi connectivity index (χ3v) is 6.77. The van der Waals surface area contributed by atoms with Crippen LogP contribution in [-0.4, -0.2) is 40.8 Å². The smallest absolute Gasteiger partial charge is 0.408 e. The van der Waals surface area contributed by atoms with Crippen molar-refractivity contribution in [3.8, 4) is 0 Å². The Morgan fingerprint density at radius 3 is 2.24 bits per heavy atom. The molecule has 7 nitrogen and oxygen atoms in total. The first kappa shape index (κ1) is 25.5. The van der Waals surface area contributed by atoms with Crippen LogP contribution in [0.4, 0.5) is 10.5 Å². The van der Waals surface area contributed by atoms with Crippen LogP contribution >= 0.6 is 0 Å². The van der Waals surface area contributed by atoms with E-state index in [4.69, 9.17) is 4.74 Å². The second-order valence-electron chi connectivity index (χ2n) is 9.32. The van der Waals surface area contributed by atoms with E-state index in [9.17, 15) is 13.2 Å². The molecule has 0 aliphatic carbocycles. The van der Waals surface area contributed by atoms with Crippen LogP contribution in [-0.2, 0) is 14.8 Å². The summed E-state index contributed by atoms with van der Waals surface area (Å²) in [6, 6.07) is 19.9. The van der Waals surface area contributed by atoms with E-state index in [1.165, 1.54) is 0 Å². The van der Waals surface area contributed by atoms with Crippen LogP contribution in [0.5, 0.6) is 0 Å². The van der Waals surface area contributed by atoms with Gasteiger partial charge in [-0.1, -0.05) is 54.6 Å². The molecule has 2 N–H and O–H groups in total. The number of benzene rings is 3. The van der Waals surface area contributed by atoms with Crippen molar-refractivity contribution in [2.75, 3.05) is 25.5 Å². The molecule has 0 aliphatic heterocycles. The standard InChI is InChI=1S/C26H33N3O4S/c1-26(2,3)33-25(30)28-22(19-11-7-6-8-12-19)17-18-27-34(31,32)24-16-10-13-20-21(24)14-9-15-23(20)29(4)5/h6-16,22,27H,17-18H2,1-5H3,(H,28,30). The van der Waals surface area contributed by atoms with Gasteiger partial charge < -0.3 is 15.0 Å². The second kappa shape index (κ2) is 10.4. The van der Waals surface area contributed by atoms with Gasteiger partial charge in [-0.3, -0.25) is 0 Å². The maximum atomic E-state index is 13.2. The average Bonchev–Trinajstić information content (AvgIpc) is 2.76. The molecule has 3 aromatic carbocycles. The number of hydrogen-bond acceptors (Lipinski definition) is 5. The maximum absolute atomic E-state index is 13.2. The van der Waals surface area contributed by atoms with Crippen molar-refractivity contribution in [1.82, 2.24) is 10.0 Å². The first-order valence-electron chi connectivity index (χ1n) is 11.2. The molecule has 0 radical (unpaired) electrons. The van der Waals surface area contributed by atoms with Crippen molar-refractivity contribution in [2.24, 2.45) is 0 Å². The summed E-state index contributed by atoms with van der Waals surface area (Å²) in [7, 11) is 0.0754. The highest BCUT2D eigenvalue weighted by molar-refractivity contribution is 7.89. The van der Waals surface area contributed by atoms with Crippen molar-refractivity contribution in [1.29, 1.82) is 0 Å². The van der Waals surface area contributed by atoms with Crippen molar-refractivity contribution in [3.05, 3.63) is 72.3 Å². The number of alkyl carbamates (subject to hydrolysis) is 1. The molecule has 182 valence electrons. The monoisotopic (exact) mass is 483 g/mol. The number of carbonyl (C=O) groups excluding carboxylic acids is 1. The SMILES string of the molecule is CN(C)c1cccc2c(S(=O)(=O)NCCC(NC(=O)OC(C)(C)C)c3ccccc3)cccc12. The summed E-state index contributed by atoms with van der Waals surface area (Å²) in [5.74, 6) is 0. The van der Waals surface area contributed by atoms with Crippen LogP contribution in [0, 0.1) is 0 Å². The van der Waals surface area contributed by atoms with Crippen molar-refractivity contribution >= 4 is 32.6 Å². The number of fused-ring (bicyclic) bond motifs is 1. The summed E-state index contributed by atoms with van der Waals surface area (Å²) in [6.07, 6.45) is -0.189. The van der Waals surface area contributed by atoms with E-state index in [-0.39, 0.29) is 11.4 Å². The van der Waals surface area contributed by atoms with Crippen LogP contribution in [0.1, 0.15) is 38.8 Å². The minimum absolute atomic E-state index is 0.140. The van der Waals surface area contributed by atoms with E-state index in [2.05, 4.69) is 10.0 Å². The fourth-order valence-corrected chi connectivity index (χ4v) is 5.03. The number of nitrogens with one attached hydrogen (secondary N) is 2. The Hall–Kier alpha value is -3.10. The minimum Gasteiger partial charge on any atom is -0.444 e. The normalized spacial score (nSPS) is 12.9. The Labute approximate surface area is 202 Å². The number of sulfonamides is 1. The fourth-order valence-electron chi connectivity index (χ4n) is 3.76. The second-order valence-corrected chi connectivity index (χ2v) is 11.1. The lowest BCUT2D eigenvalue weighted by molar-refractivity contribution is 0.0501. The predicted octanol–water partition coefficient (Wildman–Crippen LogP) is 4.84. The number of nitrogens with zero attached hydrogens (tertiary/aromatic N) is 1. The zero-order valence-corrected chi connectivity index (χ0v) is 21.1. The molecule has 1 atom stereocenters. The van der Waals surface area contributed by atoms with Gasteiger partial charge in [0.1, 0.15) is 5.60 Å². The highest BCUT2D eigenvalue weighted by Gasteiger charge is 2.22. The summed E-state index contributed by atoms with van der Waals surface area (Å²) >= 11 is 0. The molecule has 34 heavy (non-hydrogen) atoms. The van der Waals surface area contributed by atoms with Crippen LogP contribution in [0.25, 0.3) is 10.8 Å². The Balaban J connectivity index is 1.78. The summed E-state index contributed by atoms with van der Waals surface area (Å²) in [5, 5.41) is 4.39. The molecular weight excluding hydrogens is 450 g/mol. The topological polar surface area (TPSA) is 87.7 Å². The number of amides is 1.